The van der Waals surface area contributed by atoms with Gasteiger partial charge in [-0.2, -0.15) is 0 Å². The molecule has 0 unspecified atom stereocenters. The lowest BCUT2D eigenvalue weighted by Crippen LogP contribution is -2.76. The van der Waals surface area contributed by atoms with Crippen LogP contribution in [0.3, 0.4) is 0 Å². The van der Waals surface area contributed by atoms with Crippen LogP contribution in [0.2, 0.25) is 0 Å². The summed E-state index contributed by atoms with van der Waals surface area (Å²) in [5.41, 5.74) is -0.440. The molecule has 0 aromatic carbocycles. The van der Waals surface area contributed by atoms with E-state index in [-0.39, 0.29) is 16.2 Å². The largest absolute Gasteiger partial charge is 0.346 e. The molecule has 0 aromatic rings. The summed E-state index contributed by atoms with van der Waals surface area (Å²) < 4.78 is 24.5. The van der Waals surface area contributed by atoms with Crippen LogP contribution in [0.15, 0.2) is 0 Å². The van der Waals surface area contributed by atoms with Crippen LogP contribution in [0.1, 0.15) is 0 Å². The Bertz CT molecular complexity index is 611. The summed E-state index contributed by atoms with van der Waals surface area (Å²) in [4.78, 5) is 12.2. The van der Waals surface area contributed by atoms with Gasteiger partial charge >= 0.3 is 0 Å². The molecule has 2 heterocycles. The molecule has 6 aliphatic carbocycles. The van der Waals surface area contributed by atoms with Crippen LogP contribution in [0.5, 0.6) is 0 Å². The predicted octanol–water partition coefficient (Wildman–Crippen LogP) is 0.557. The molecule has 6 heteroatoms. The second-order valence-corrected chi connectivity index (χ2v) is 9.01. The number of hydrogen-bond donors (Lipinski definition) is 0. The van der Waals surface area contributed by atoms with E-state index in [1.165, 1.54) is 0 Å². The fourth-order valence-corrected chi connectivity index (χ4v) is 9.78. The lowest BCUT2D eigenvalue weighted by atomic mass is 9.35. The van der Waals surface area contributed by atoms with Crippen molar-refractivity contribution in [3.05, 3.63) is 0 Å². The van der Waals surface area contributed by atoms with Gasteiger partial charge in [-0.1, -0.05) is 15.9 Å². The van der Waals surface area contributed by atoms with E-state index in [2.05, 4.69) is 15.9 Å². The zero-order chi connectivity index (χ0) is 13.8. The zero-order valence-electron chi connectivity index (χ0n) is 11.3. The first-order valence-electron chi connectivity index (χ1n) is 7.92. The lowest BCUT2D eigenvalue weighted by Gasteiger charge is -2.70. The van der Waals surface area contributed by atoms with Gasteiger partial charge in [-0.25, -0.2) is 0 Å². The first kappa shape index (κ1) is 11.5. The van der Waals surface area contributed by atoms with Crippen molar-refractivity contribution >= 4 is 22.2 Å². The minimum atomic E-state index is -0.690. The molecule has 2 spiro atoms. The van der Waals surface area contributed by atoms with Crippen molar-refractivity contribution in [2.75, 3.05) is 26.4 Å². The number of ether oxygens (including phenoxy) is 4. The first-order chi connectivity index (χ1) is 10.2. The van der Waals surface area contributed by atoms with Gasteiger partial charge in [-0.3, -0.25) is 0 Å². The molecule has 5 nitrogen and oxygen atoms in total. The van der Waals surface area contributed by atoms with Crippen LogP contribution in [-0.4, -0.2) is 48.6 Å². The highest BCUT2D eigenvalue weighted by Gasteiger charge is 3.08. The quantitative estimate of drug-likeness (QED) is 0.508. The normalized spacial score (nSPS) is 68.0. The van der Waals surface area contributed by atoms with Crippen molar-refractivity contribution in [3.63, 3.8) is 0 Å². The molecular weight excluding hydrogens is 340 g/mol. The molecule has 0 radical (unpaired) electrons. The molecule has 112 valence electrons. The molecule has 6 saturated carbocycles. The molecule has 8 aliphatic rings. The Morgan fingerprint density at radius 3 is 1.86 bits per heavy atom. The molecule has 21 heavy (non-hydrogen) atoms. The summed E-state index contributed by atoms with van der Waals surface area (Å²) in [6, 6.07) is 0. The first-order valence-corrected chi connectivity index (χ1v) is 8.71. The fraction of sp³-hybridized carbons (Fsp3) is 0.933. The zero-order valence-corrected chi connectivity index (χ0v) is 12.9. The third-order valence-electron chi connectivity index (χ3n) is 8.04. The molecule has 8 fully saturated rings. The molecular formula is C15H15BrO5. The maximum atomic E-state index is 12.2. The van der Waals surface area contributed by atoms with Crippen LogP contribution in [0, 0.1) is 40.9 Å². The van der Waals surface area contributed by atoms with Gasteiger partial charge in [0.2, 0.25) is 0 Å². The fourth-order valence-electron chi connectivity index (χ4n) is 8.15. The Morgan fingerprint density at radius 1 is 0.762 bits per heavy atom. The monoisotopic (exact) mass is 354 g/mol. The molecule has 2 saturated heterocycles. The van der Waals surface area contributed by atoms with Crippen LogP contribution in [0.4, 0.5) is 0 Å². The van der Waals surface area contributed by atoms with E-state index in [0.29, 0.717) is 50.1 Å². The molecule has 8 rings (SSSR count). The highest BCUT2D eigenvalue weighted by atomic mass is 79.9. The molecule has 0 aromatic heterocycles. The van der Waals surface area contributed by atoms with E-state index >= 15 is 0 Å². The van der Waals surface area contributed by atoms with Crippen molar-refractivity contribution in [2.24, 2.45) is 40.9 Å². The summed E-state index contributed by atoms with van der Waals surface area (Å²) in [6.07, 6.45) is 1.16. The number of aldehydes is 1. The second kappa shape index (κ2) is 2.77. The second-order valence-electron chi connectivity index (χ2n) is 7.70. The average molecular weight is 355 g/mol. The maximum absolute atomic E-state index is 12.2. The Labute approximate surface area is 129 Å². The van der Waals surface area contributed by atoms with Gasteiger partial charge in [0.15, 0.2) is 11.6 Å². The highest BCUT2D eigenvalue weighted by Crippen LogP contribution is 3.00. The van der Waals surface area contributed by atoms with Crippen molar-refractivity contribution < 1.29 is 23.7 Å². The number of halogens is 1. The van der Waals surface area contributed by atoms with E-state index in [1.54, 1.807) is 0 Å². The van der Waals surface area contributed by atoms with Crippen molar-refractivity contribution in [3.8, 4) is 0 Å². The number of hydrogen-bond acceptors (Lipinski definition) is 5. The lowest BCUT2D eigenvalue weighted by molar-refractivity contribution is -0.278. The molecule has 2 aliphatic heterocycles. The topological polar surface area (TPSA) is 54.0 Å². The summed E-state index contributed by atoms with van der Waals surface area (Å²) >= 11 is 4.03. The molecule has 8 atom stereocenters. The molecule has 0 N–H and O–H groups in total. The summed E-state index contributed by atoms with van der Waals surface area (Å²) in [7, 11) is 0. The van der Waals surface area contributed by atoms with Crippen molar-refractivity contribution in [2.45, 2.75) is 15.9 Å². The highest BCUT2D eigenvalue weighted by molar-refractivity contribution is 9.10. The maximum Gasteiger partial charge on any atom is 0.188 e. The minimum Gasteiger partial charge on any atom is -0.346 e. The summed E-state index contributed by atoms with van der Waals surface area (Å²) in [5.74, 6) is 0.807. The number of carbonyl (C=O) groups excluding carboxylic acids is 1. The van der Waals surface area contributed by atoms with Gasteiger partial charge in [0.05, 0.1) is 36.2 Å². The van der Waals surface area contributed by atoms with E-state index < -0.39 is 17.0 Å². The SMILES string of the molecule is O=C[C@@]12[C@@H]3[C@@H]4[C@@H]1[C@H]1[C@H]([C@@H]3[C@@]4(Br)C13OCCO3)C21OCCO1. The Balaban J connectivity index is 1.54. The van der Waals surface area contributed by atoms with E-state index in [0.717, 1.165) is 6.29 Å². The van der Waals surface area contributed by atoms with Crippen LogP contribution < -0.4 is 0 Å². The van der Waals surface area contributed by atoms with Crippen LogP contribution >= 0.6 is 15.9 Å². The van der Waals surface area contributed by atoms with E-state index in [9.17, 15) is 4.79 Å². The van der Waals surface area contributed by atoms with Gasteiger partial charge in [0, 0.05) is 11.8 Å². The van der Waals surface area contributed by atoms with Crippen LogP contribution in [-0.2, 0) is 23.7 Å². The minimum absolute atomic E-state index is 0.119. The summed E-state index contributed by atoms with van der Waals surface area (Å²) in [5, 5.41) is 0. The number of alkyl halides is 1. The van der Waals surface area contributed by atoms with Gasteiger partial charge in [0.1, 0.15) is 6.29 Å². The summed E-state index contributed by atoms with van der Waals surface area (Å²) in [6.45, 7) is 2.49. The third kappa shape index (κ3) is 0.660. The Morgan fingerprint density at radius 2 is 1.24 bits per heavy atom. The number of rotatable bonds is 1. The van der Waals surface area contributed by atoms with Gasteiger partial charge < -0.3 is 23.7 Å². The molecule has 0 amide bonds. The Kier molecular flexibility index (Phi) is 1.52. The van der Waals surface area contributed by atoms with Gasteiger partial charge in [-0.05, 0) is 23.7 Å². The predicted molar refractivity (Wildman–Crippen MR) is 70.4 cm³/mol. The molecule has 4 bridgehead atoms. The Hall–Kier alpha value is -0.0100. The van der Waals surface area contributed by atoms with Crippen molar-refractivity contribution in [1.29, 1.82) is 0 Å². The standard InChI is InChI=1S/C15H15BrO5/c16-13-8-6-9(13)11-10(15(13)20-3-4-21-15)7(8)12(6,5-17)14(11)18-1-2-19-14/h5-11H,1-4H2/t6-,7-,8-,9-,10+,11+,12-,13-/m1/s1. The third-order valence-corrected chi connectivity index (χ3v) is 9.65. The van der Waals surface area contributed by atoms with E-state index in [4.69, 9.17) is 18.9 Å². The smallest absolute Gasteiger partial charge is 0.188 e. The van der Waals surface area contributed by atoms with Crippen molar-refractivity contribution in [1.82, 2.24) is 0 Å². The average Bonchev–Trinajstić information content (AvgIpc) is 3.24. The van der Waals surface area contributed by atoms with Gasteiger partial charge in [0.25, 0.3) is 0 Å². The van der Waals surface area contributed by atoms with E-state index in [1.807, 2.05) is 0 Å². The van der Waals surface area contributed by atoms with Crippen LogP contribution in [0.25, 0.3) is 0 Å². The number of carbonyl (C=O) groups is 1. The van der Waals surface area contributed by atoms with Gasteiger partial charge in [-0.15, -0.1) is 0 Å².